The summed E-state index contributed by atoms with van der Waals surface area (Å²) in [6, 6.07) is 6.61. The lowest BCUT2D eigenvalue weighted by Crippen LogP contribution is -2.22. The Morgan fingerprint density at radius 1 is 1.13 bits per heavy atom. The highest BCUT2D eigenvalue weighted by atomic mass is 16.6. The molecule has 0 saturated heterocycles. The third-order valence-corrected chi connectivity index (χ3v) is 8.83. The van der Waals surface area contributed by atoms with E-state index in [2.05, 4.69) is 98.4 Å². The SMILES string of the molecule is CCC(C)=C(ON=C(C)C)C(=Cc1cc(-c2nc(CNCC(C)=NN=C3CCCCC3CC)[nH]c2C)ccc1C)CC(C)CC. The van der Waals surface area contributed by atoms with Crippen LogP contribution < -0.4 is 5.32 Å². The second-order valence-electron chi connectivity index (χ2n) is 13.1. The lowest BCUT2D eigenvalue weighted by Gasteiger charge is -2.21. The Bertz CT molecular complexity index is 1420. The summed E-state index contributed by atoms with van der Waals surface area (Å²) >= 11 is 0. The summed E-state index contributed by atoms with van der Waals surface area (Å²) in [6.07, 6.45) is 11.3. The number of rotatable bonds is 15. The summed E-state index contributed by atoms with van der Waals surface area (Å²) < 4.78 is 0. The van der Waals surface area contributed by atoms with E-state index in [1.165, 1.54) is 47.2 Å². The van der Waals surface area contributed by atoms with Gasteiger partial charge in [-0.15, -0.1) is 0 Å². The van der Waals surface area contributed by atoms with Gasteiger partial charge in [0.2, 0.25) is 0 Å². The summed E-state index contributed by atoms with van der Waals surface area (Å²) in [4.78, 5) is 14.6. The van der Waals surface area contributed by atoms with Gasteiger partial charge in [0.15, 0.2) is 5.76 Å². The van der Waals surface area contributed by atoms with Crippen molar-refractivity contribution < 1.29 is 4.84 Å². The Morgan fingerprint density at radius 2 is 1.91 bits per heavy atom. The van der Waals surface area contributed by atoms with Gasteiger partial charge in [0.25, 0.3) is 0 Å². The average Bonchev–Trinajstić information content (AvgIpc) is 3.40. The molecule has 0 bridgehead atoms. The van der Waals surface area contributed by atoms with E-state index in [9.17, 15) is 0 Å². The Balaban J connectivity index is 1.82. The molecule has 2 unspecified atom stereocenters. The number of aryl methyl sites for hydroxylation is 2. The first kappa shape index (κ1) is 36.2. The molecule has 1 aromatic heterocycles. The van der Waals surface area contributed by atoms with Gasteiger partial charge in [-0.3, -0.25) is 0 Å². The Kier molecular flexibility index (Phi) is 14.4. The van der Waals surface area contributed by atoms with Gasteiger partial charge in [-0.25, -0.2) is 4.98 Å². The summed E-state index contributed by atoms with van der Waals surface area (Å²) in [6.45, 7) is 22.7. The molecule has 3 rings (SSSR count). The second kappa shape index (κ2) is 18.0. The monoisotopic (exact) mass is 614 g/mol. The number of hydrogen-bond acceptors (Lipinski definition) is 6. The largest absolute Gasteiger partial charge is 0.357 e. The molecule has 7 nitrogen and oxygen atoms in total. The summed E-state index contributed by atoms with van der Waals surface area (Å²) in [5, 5.41) is 17.0. The van der Waals surface area contributed by atoms with Gasteiger partial charge >= 0.3 is 0 Å². The molecule has 1 fully saturated rings. The van der Waals surface area contributed by atoms with E-state index >= 15 is 0 Å². The molecule has 0 amide bonds. The fourth-order valence-electron chi connectivity index (χ4n) is 5.65. The summed E-state index contributed by atoms with van der Waals surface area (Å²) in [5.41, 5.74) is 11.1. The Morgan fingerprint density at radius 3 is 2.60 bits per heavy atom. The topological polar surface area (TPSA) is 87.0 Å². The van der Waals surface area contributed by atoms with Crippen LogP contribution in [0.25, 0.3) is 17.3 Å². The van der Waals surface area contributed by atoms with Gasteiger partial charge in [0.05, 0.1) is 23.7 Å². The standard InChI is InChI=1S/C38H58N6O/c1-11-26(6)20-34(38(27(7)12-2)45-44-25(4)5)22-33-21-32(19-18-28(33)8)37-30(10)40-36(41-37)24-39-23-29(9)42-43-35-17-15-14-16-31(35)13-3/h18-19,21-22,26,31,39H,11-17,20,23-24H2,1-10H3,(H,40,41). The number of benzene rings is 1. The quantitative estimate of drug-likeness (QED) is 0.0905. The van der Waals surface area contributed by atoms with E-state index in [4.69, 9.17) is 9.82 Å². The molecule has 1 aliphatic rings. The molecule has 246 valence electrons. The van der Waals surface area contributed by atoms with Crippen molar-refractivity contribution in [2.45, 2.75) is 127 Å². The van der Waals surface area contributed by atoms with Crippen molar-refractivity contribution in [1.82, 2.24) is 15.3 Å². The van der Waals surface area contributed by atoms with Gasteiger partial charge in [-0.05, 0) is 126 Å². The van der Waals surface area contributed by atoms with Crippen LogP contribution >= 0.6 is 0 Å². The van der Waals surface area contributed by atoms with E-state index < -0.39 is 0 Å². The molecule has 2 atom stereocenters. The van der Waals surface area contributed by atoms with E-state index in [1.54, 1.807) is 0 Å². The molecule has 1 saturated carbocycles. The van der Waals surface area contributed by atoms with Crippen molar-refractivity contribution in [3.63, 3.8) is 0 Å². The zero-order valence-corrected chi connectivity index (χ0v) is 29.7. The molecule has 0 aliphatic heterocycles. The van der Waals surface area contributed by atoms with Crippen LogP contribution in [0.1, 0.15) is 129 Å². The molecule has 1 aliphatic carbocycles. The Hall–Kier alpha value is -3.32. The third-order valence-electron chi connectivity index (χ3n) is 8.83. The predicted octanol–water partition coefficient (Wildman–Crippen LogP) is 10.1. The first-order valence-electron chi connectivity index (χ1n) is 17.1. The summed E-state index contributed by atoms with van der Waals surface area (Å²) in [5.74, 6) is 2.94. The molecule has 2 N–H and O–H groups in total. The highest BCUT2D eigenvalue weighted by molar-refractivity contribution is 5.89. The Labute approximate surface area is 272 Å². The van der Waals surface area contributed by atoms with E-state index in [0.29, 0.717) is 24.9 Å². The molecule has 7 heteroatoms. The molecule has 45 heavy (non-hydrogen) atoms. The zero-order chi connectivity index (χ0) is 32.9. The number of imidazole rings is 1. The van der Waals surface area contributed by atoms with Crippen LogP contribution in [0.3, 0.4) is 0 Å². The second-order valence-corrected chi connectivity index (χ2v) is 13.1. The van der Waals surface area contributed by atoms with Crippen molar-refractivity contribution in [3.05, 3.63) is 57.7 Å². The maximum absolute atomic E-state index is 6.08. The van der Waals surface area contributed by atoms with Crippen LogP contribution in [-0.4, -0.2) is 33.6 Å². The molecule has 0 radical (unpaired) electrons. The van der Waals surface area contributed by atoms with Crippen LogP contribution in [0.2, 0.25) is 0 Å². The first-order chi connectivity index (χ1) is 21.6. The number of nitrogens with zero attached hydrogens (tertiary/aromatic N) is 4. The van der Waals surface area contributed by atoms with Gasteiger partial charge < -0.3 is 15.1 Å². The fraction of sp³-hybridized carbons (Fsp3) is 0.579. The van der Waals surface area contributed by atoms with Crippen molar-refractivity contribution in [3.8, 4) is 11.3 Å². The van der Waals surface area contributed by atoms with E-state index in [1.807, 2.05) is 20.8 Å². The minimum atomic E-state index is 0.528. The van der Waals surface area contributed by atoms with E-state index in [-0.39, 0.29) is 0 Å². The maximum atomic E-state index is 6.08. The minimum Gasteiger partial charge on any atom is -0.357 e. The molecule has 1 aromatic carbocycles. The lowest BCUT2D eigenvalue weighted by atomic mass is 9.86. The number of nitrogens with one attached hydrogen (secondary N) is 2. The van der Waals surface area contributed by atoms with Crippen LogP contribution in [0.5, 0.6) is 0 Å². The highest BCUT2D eigenvalue weighted by Gasteiger charge is 2.19. The number of aromatic nitrogens is 2. The molecule has 1 heterocycles. The number of allylic oxidation sites excluding steroid dienone is 2. The van der Waals surface area contributed by atoms with Crippen LogP contribution in [0.4, 0.5) is 0 Å². The van der Waals surface area contributed by atoms with Gasteiger partial charge in [0.1, 0.15) is 5.82 Å². The van der Waals surface area contributed by atoms with Crippen LogP contribution in [0.15, 0.2) is 50.5 Å². The predicted molar refractivity (Wildman–Crippen MR) is 193 cm³/mol. The van der Waals surface area contributed by atoms with Gasteiger partial charge in [-0.1, -0.05) is 57.8 Å². The van der Waals surface area contributed by atoms with Gasteiger partial charge in [-0.2, -0.15) is 10.2 Å². The lowest BCUT2D eigenvalue weighted by molar-refractivity contribution is 0.228. The number of hydrogen-bond donors (Lipinski definition) is 2. The molecular weight excluding hydrogens is 556 g/mol. The normalized spacial score (nSPS) is 18.2. The fourth-order valence-corrected chi connectivity index (χ4v) is 5.65. The van der Waals surface area contributed by atoms with Crippen LogP contribution in [-0.2, 0) is 11.4 Å². The first-order valence-corrected chi connectivity index (χ1v) is 17.1. The minimum absolute atomic E-state index is 0.528. The van der Waals surface area contributed by atoms with Crippen molar-refractivity contribution in [1.29, 1.82) is 0 Å². The summed E-state index contributed by atoms with van der Waals surface area (Å²) in [7, 11) is 0. The maximum Gasteiger partial charge on any atom is 0.160 e. The molecule has 0 spiro atoms. The van der Waals surface area contributed by atoms with E-state index in [0.717, 1.165) is 72.1 Å². The zero-order valence-electron chi connectivity index (χ0n) is 29.7. The van der Waals surface area contributed by atoms with Crippen LogP contribution in [0, 0.1) is 25.7 Å². The number of oxime groups is 1. The highest BCUT2D eigenvalue weighted by Crippen LogP contribution is 2.31. The molecule has 2 aromatic rings. The van der Waals surface area contributed by atoms with Crippen molar-refractivity contribution >= 4 is 23.2 Å². The number of aromatic amines is 1. The molecular formula is C38H58N6O. The third kappa shape index (κ3) is 10.9. The van der Waals surface area contributed by atoms with Crippen molar-refractivity contribution in [2.24, 2.45) is 27.2 Å². The smallest absolute Gasteiger partial charge is 0.160 e. The van der Waals surface area contributed by atoms with Crippen molar-refractivity contribution in [2.75, 3.05) is 6.54 Å². The van der Waals surface area contributed by atoms with Gasteiger partial charge in [0, 0.05) is 23.5 Å². The number of H-pyrrole nitrogens is 1. The average molecular weight is 615 g/mol.